The maximum Gasteiger partial charge on any atom is 0.335 e. The maximum absolute atomic E-state index is 10.1. The van der Waals surface area contributed by atoms with E-state index in [1.165, 1.54) is 0 Å². The Labute approximate surface area is 68.3 Å². The van der Waals surface area contributed by atoms with Gasteiger partial charge in [0.2, 0.25) is 0 Å². The first kappa shape index (κ1) is 9.40. The summed E-state index contributed by atoms with van der Waals surface area (Å²) in [5, 5.41) is 26.1. The van der Waals surface area contributed by atoms with E-state index >= 15 is 0 Å². The first-order valence-electron chi connectivity index (χ1n) is 3.42. The monoisotopic (exact) mass is 178 g/mol. The Balaban J connectivity index is 2.37. The van der Waals surface area contributed by atoms with E-state index in [9.17, 15) is 4.79 Å². The van der Waals surface area contributed by atoms with Crippen molar-refractivity contribution in [2.24, 2.45) is 0 Å². The minimum Gasteiger partial charge on any atom is -0.479 e. The van der Waals surface area contributed by atoms with Gasteiger partial charge in [0.25, 0.3) is 0 Å². The first-order valence-corrected chi connectivity index (χ1v) is 3.42. The maximum atomic E-state index is 10.1. The lowest BCUT2D eigenvalue weighted by Gasteiger charge is -2.37. The van der Waals surface area contributed by atoms with E-state index in [0.717, 1.165) is 0 Å². The third-order valence-corrected chi connectivity index (χ3v) is 1.51. The number of hydrogen-bond acceptors (Lipinski definition) is 5. The van der Waals surface area contributed by atoms with Crippen molar-refractivity contribution in [2.75, 3.05) is 0 Å². The minimum absolute atomic E-state index is 0.453. The smallest absolute Gasteiger partial charge is 0.335 e. The van der Waals surface area contributed by atoms with Crippen LogP contribution in [0.5, 0.6) is 0 Å². The molecule has 0 spiro atoms. The molecule has 1 rings (SSSR count). The van der Waals surface area contributed by atoms with Gasteiger partial charge in [0.05, 0.1) is 0 Å². The van der Waals surface area contributed by atoms with Crippen molar-refractivity contribution < 1.29 is 29.6 Å². The van der Waals surface area contributed by atoms with E-state index in [-0.39, 0.29) is 0 Å². The molecule has 2 atom stereocenters. The molecule has 2 unspecified atom stereocenters. The van der Waals surface area contributed by atoms with Gasteiger partial charge in [-0.2, -0.15) is 0 Å². The highest BCUT2D eigenvalue weighted by atomic mass is 16.9. The van der Waals surface area contributed by atoms with Crippen LogP contribution in [0.3, 0.4) is 0 Å². The SMILES string of the molecule is CC1OC(C(O)C(O)C(=O)O)O1. The van der Waals surface area contributed by atoms with Gasteiger partial charge in [-0.1, -0.05) is 0 Å². The molecule has 6 nitrogen and oxygen atoms in total. The van der Waals surface area contributed by atoms with Gasteiger partial charge >= 0.3 is 5.97 Å². The minimum atomic E-state index is -1.87. The van der Waals surface area contributed by atoms with Crippen LogP contribution in [0.15, 0.2) is 0 Å². The highest BCUT2D eigenvalue weighted by Crippen LogP contribution is 2.20. The number of aliphatic hydroxyl groups excluding tert-OH is 2. The Morgan fingerprint density at radius 1 is 1.42 bits per heavy atom. The summed E-state index contributed by atoms with van der Waals surface area (Å²) in [6.45, 7) is 1.59. The van der Waals surface area contributed by atoms with Gasteiger partial charge in [0.15, 0.2) is 18.7 Å². The molecule has 0 bridgehead atoms. The van der Waals surface area contributed by atoms with E-state index in [1.54, 1.807) is 6.92 Å². The van der Waals surface area contributed by atoms with Gasteiger partial charge in [-0.05, 0) is 6.92 Å². The molecule has 1 aliphatic rings. The first-order chi connectivity index (χ1) is 5.52. The van der Waals surface area contributed by atoms with Crippen LogP contribution in [0.25, 0.3) is 0 Å². The Morgan fingerprint density at radius 2 is 1.92 bits per heavy atom. The molecule has 0 amide bonds. The highest BCUT2D eigenvalue weighted by Gasteiger charge is 2.40. The van der Waals surface area contributed by atoms with E-state index in [4.69, 9.17) is 24.8 Å². The normalized spacial score (nSPS) is 33.6. The molecule has 1 fully saturated rings. The van der Waals surface area contributed by atoms with Crippen molar-refractivity contribution in [1.82, 2.24) is 0 Å². The van der Waals surface area contributed by atoms with Crippen LogP contribution in [0.4, 0.5) is 0 Å². The second kappa shape index (κ2) is 3.36. The molecule has 0 saturated carbocycles. The molecule has 0 aromatic rings. The zero-order valence-corrected chi connectivity index (χ0v) is 6.38. The third kappa shape index (κ3) is 1.72. The molecular formula is C6H10O6. The Kier molecular flexibility index (Phi) is 2.63. The summed E-state index contributed by atoms with van der Waals surface area (Å²) in [5.41, 5.74) is 0. The largest absolute Gasteiger partial charge is 0.479 e. The molecule has 6 heteroatoms. The fraction of sp³-hybridized carbons (Fsp3) is 0.833. The summed E-state index contributed by atoms with van der Waals surface area (Å²) in [4.78, 5) is 10.1. The van der Waals surface area contributed by atoms with E-state index in [2.05, 4.69) is 0 Å². The van der Waals surface area contributed by atoms with Crippen LogP contribution in [-0.4, -0.2) is 46.1 Å². The molecular weight excluding hydrogens is 168 g/mol. The van der Waals surface area contributed by atoms with Crippen molar-refractivity contribution in [3.05, 3.63) is 0 Å². The summed E-state index contributed by atoms with van der Waals surface area (Å²) in [6, 6.07) is 0. The average molecular weight is 178 g/mol. The average Bonchev–Trinajstić information content (AvgIpc) is 1.95. The van der Waals surface area contributed by atoms with Gasteiger partial charge in [-0.3, -0.25) is 0 Å². The molecule has 0 aliphatic carbocycles. The Morgan fingerprint density at radius 3 is 2.25 bits per heavy atom. The Hall–Kier alpha value is -0.690. The number of carboxylic acids is 1. The number of aliphatic carboxylic acids is 1. The lowest BCUT2D eigenvalue weighted by molar-refractivity contribution is -0.403. The predicted molar refractivity (Wildman–Crippen MR) is 35.1 cm³/mol. The predicted octanol–water partition coefficient (Wildman–Crippen LogP) is -1.49. The summed E-state index contributed by atoms with van der Waals surface area (Å²) in [6.07, 6.45) is -4.90. The van der Waals surface area contributed by atoms with Crippen molar-refractivity contribution in [1.29, 1.82) is 0 Å². The van der Waals surface area contributed by atoms with Crippen LogP contribution in [-0.2, 0) is 14.3 Å². The molecule has 70 valence electrons. The van der Waals surface area contributed by atoms with E-state index in [0.29, 0.717) is 0 Å². The summed E-state index contributed by atoms with van der Waals surface area (Å²) in [5.74, 6) is -1.51. The fourth-order valence-electron chi connectivity index (χ4n) is 0.844. The lowest BCUT2D eigenvalue weighted by atomic mass is 10.2. The molecule has 0 radical (unpaired) electrons. The second-order valence-corrected chi connectivity index (χ2v) is 2.48. The lowest BCUT2D eigenvalue weighted by Crippen LogP contribution is -2.53. The van der Waals surface area contributed by atoms with Gasteiger partial charge in [-0.25, -0.2) is 4.79 Å². The Bertz CT molecular complexity index is 175. The summed E-state index contributed by atoms with van der Waals surface area (Å²) in [7, 11) is 0. The third-order valence-electron chi connectivity index (χ3n) is 1.51. The van der Waals surface area contributed by atoms with Crippen molar-refractivity contribution in [3.63, 3.8) is 0 Å². The van der Waals surface area contributed by atoms with Crippen LogP contribution >= 0.6 is 0 Å². The number of rotatable bonds is 3. The van der Waals surface area contributed by atoms with Crippen LogP contribution < -0.4 is 0 Å². The molecule has 0 aromatic heterocycles. The van der Waals surface area contributed by atoms with Gasteiger partial charge < -0.3 is 24.8 Å². The summed E-state index contributed by atoms with van der Waals surface area (Å²) >= 11 is 0. The number of aliphatic hydroxyl groups is 2. The van der Waals surface area contributed by atoms with E-state index < -0.39 is 30.8 Å². The number of ether oxygens (including phenoxy) is 2. The highest BCUT2D eigenvalue weighted by molar-refractivity contribution is 5.72. The number of carboxylic acid groups (broad SMARTS) is 1. The topological polar surface area (TPSA) is 96.2 Å². The number of carbonyl (C=O) groups is 1. The van der Waals surface area contributed by atoms with Crippen LogP contribution in [0.2, 0.25) is 0 Å². The molecule has 0 aromatic carbocycles. The van der Waals surface area contributed by atoms with Gasteiger partial charge in [-0.15, -0.1) is 0 Å². The van der Waals surface area contributed by atoms with Gasteiger partial charge in [0, 0.05) is 0 Å². The quantitative estimate of drug-likeness (QED) is 0.487. The van der Waals surface area contributed by atoms with Crippen molar-refractivity contribution >= 4 is 5.97 Å². The summed E-state index contributed by atoms with van der Waals surface area (Å²) < 4.78 is 9.55. The van der Waals surface area contributed by atoms with Crippen LogP contribution in [0.1, 0.15) is 6.92 Å². The fourth-order valence-corrected chi connectivity index (χ4v) is 0.844. The standard InChI is InChI=1S/C6H10O6/c1-2-11-6(12-2)4(8)3(7)5(9)10/h2-4,6-8H,1H3,(H,9,10). The van der Waals surface area contributed by atoms with Crippen molar-refractivity contribution in [3.8, 4) is 0 Å². The molecule has 1 saturated heterocycles. The molecule has 1 aliphatic heterocycles. The zero-order chi connectivity index (χ0) is 9.30. The van der Waals surface area contributed by atoms with Crippen molar-refractivity contribution in [2.45, 2.75) is 31.7 Å². The van der Waals surface area contributed by atoms with E-state index in [1.807, 2.05) is 0 Å². The van der Waals surface area contributed by atoms with Crippen LogP contribution in [0, 0.1) is 0 Å². The molecule has 1 heterocycles. The second-order valence-electron chi connectivity index (χ2n) is 2.48. The molecule has 3 N–H and O–H groups in total. The zero-order valence-electron chi connectivity index (χ0n) is 6.38. The van der Waals surface area contributed by atoms with Gasteiger partial charge in [0.1, 0.15) is 6.10 Å². The molecule has 12 heavy (non-hydrogen) atoms. The number of hydrogen-bond donors (Lipinski definition) is 3.